The summed E-state index contributed by atoms with van der Waals surface area (Å²) in [7, 11) is 0. The second-order valence-electron chi connectivity index (χ2n) is 4.63. The van der Waals surface area contributed by atoms with Crippen LogP contribution in [0, 0.1) is 0 Å². The van der Waals surface area contributed by atoms with Crippen molar-refractivity contribution in [3.8, 4) is 5.75 Å². The van der Waals surface area contributed by atoms with E-state index in [0.717, 1.165) is 11.3 Å². The van der Waals surface area contributed by atoms with Gasteiger partial charge in [-0.15, -0.1) is 0 Å². The largest absolute Gasteiger partial charge is 0.490 e. The van der Waals surface area contributed by atoms with E-state index in [2.05, 4.69) is 0 Å². The molecule has 0 amide bonds. The summed E-state index contributed by atoms with van der Waals surface area (Å²) in [5.74, 6) is 0.544. The monoisotopic (exact) mass is 285 g/mol. The number of carbonyl (C=O) groups excluding carboxylic acids is 1. The van der Waals surface area contributed by atoms with Crippen LogP contribution in [0.2, 0.25) is 0 Å². The van der Waals surface area contributed by atoms with Crippen LogP contribution in [-0.2, 0) is 16.0 Å². The third-order valence-electron chi connectivity index (χ3n) is 2.93. The van der Waals surface area contributed by atoms with Crippen LogP contribution >= 0.6 is 0 Å². The number of hydrogen-bond acceptors (Lipinski definition) is 4. The van der Waals surface area contributed by atoms with Crippen LogP contribution in [-0.4, -0.2) is 19.2 Å². The van der Waals surface area contributed by atoms with Gasteiger partial charge >= 0.3 is 5.97 Å². The van der Waals surface area contributed by atoms with Crippen molar-refractivity contribution in [2.24, 2.45) is 0 Å². The normalized spacial score (nSPS) is 10.1. The van der Waals surface area contributed by atoms with Crippen molar-refractivity contribution in [3.05, 3.63) is 60.2 Å². The molecule has 2 rings (SSSR count). The molecule has 0 aliphatic heterocycles. The average Bonchev–Trinajstić information content (AvgIpc) is 2.51. The summed E-state index contributed by atoms with van der Waals surface area (Å²) in [6.07, 6.45) is 0.970. The van der Waals surface area contributed by atoms with Crippen molar-refractivity contribution in [2.75, 3.05) is 18.9 Å². The first-order valence-electron chi connectivity index (χ1n) is 6.92. The number of benzene rings is 2. The third kappa shape index (κ3) is 5.57. The van der Waals surface area contributed by atoms with Crippen molar-refractivity contribution >= 4 is 11.7 Å². The number of hydrogen-bond donors (Lipinski definition) is 1. The highest BCUT2D eigenvalue weighted by Gasteiger charge is 2.04. The van der Waals surface area contributed by atoms with Crippen molar-refractivity contribution in [3.63, 3.8) is 0 Å². The lowest BCUT2D eigenvalue weighted by atomic mass is 10.1. The van der Waals surface area contributed by atoms with Gasteiger partial charge in [-0.1, -0.05) is 30.3 Å². The molecule has 110 valence electrons. The highest BCUT2D eigenvalue weighted by Crippen LogP contribution is 2.10. The zero-order valence-electron chi connectivity index (χ0n) is 11.8. The van der Waals surface area contributed by atoms with Crippen LogP contribution in [0.3, 0.4) is 0 Å². The zero-order chi connectivity index (χ0) is 14.9. The standard InChI is InChI=1S/C17H19NO3/c18-15-6-4-5-14(13-15)9-10-17(19)21-12-11-20-16-7-2-1-3-8-16/h1-8,13H,9-12,18H2. The second kappa shape index (κ2) is 7.94. The van der Waals surface area contributed by atoms with E-state index in [0.29, 0.717) is 25.1 Å². The molecule has 0 heterocycles. The summed E-state index contributed by atoms with van der Waals surface area (Å²) in [5.41, 5.74) is 7.43. The summed E-state index contributed by atoms with van der Waals surface area (Å²) in [6, 6.07) is 17.0. The Morgan fingerprint density at radius 1 is 1.00 bits per heavy atom. The van der Waals surface area contributed by atoms with Gasteiger partial charge in [0, 0.05) is 12.1 Å². The van der Waals surface area contributed by atoms with Crippen LogP contribution in [0.15, 0.2) is 54.6 Å². The summed E-state index contributed by atoms with van der Waals surface area (Å²) >= 11 is 0. The minimum atomic E-state index is -0.228. The molecule has 21 heavy (non-hydrogen) atoms. The number of nitrogen functional groups attached to an aromatic ring is 1. The van der Waals surface area contributed by atoms with Crippen LogP contribution in [0.1, 0.15) is 12.0 Å². The van der Waals surface area contributed by atoms with E-state index < -0.39 is 0 Å². The van der Waals surface area contributed by atoms with Gasteiger partial charge in [-0.2, -0.15) is 0 Å². The molecule has 0 saturated carbocycles. The summed E-state index contributed by atoms with van der Waals surface area (Å²) in [4.78, 5) is 11.6. The van der Waals surface area contributed by atoms with Gasteiger partial charge < -0.3 is 15.2 Å². The second-order valence-corrected chi connectivity index (χ2v) is 4.63. The smallest absolute Gasteiger partial charge is 0.306 e. The van der Waals surface area contributed by atoms with E-state index in [1.807, 2.05) is 54.6 Å². The van der Waals surface area contributed by atoms with Gasteiger partial charge in [-0.25, -0.2) is 0 Å². The van der Waals surface area contributed by atoms with E-state index >= 15 is 0 Å². The maximum atomic E-state index is 11.6. The molecule has 4 heteroatoms. The van der Waals surface area contributed by atoms with E-state index in [1.165, 1.54) is 0 Å². The topological polar surface area (TPSA) is 61.6 Å². The Morgan fingerprint density at radius 2 is 1.81 bits per heavy atom. The van der Waals surface area contributed by atoms with Crippen molar-refractivity contribution < 1.29 is 14.3 Å². The highest BCUT2D eigenvalue weighted by atomic mass is 16.6. The number of esters is 1. The highest BCUT2D eigenvalue weighted by molar-refractivity contribution is 5.69. The number of rotatable bonds is 7. The van der Waals surface area contributed by atoms with Gasteiger partial charge in [0.25, 0.3) is 0 Å². The summed E-state index contributed by atoms with van der Waals surface area (Å²) < 4.78 is 10.6. The SMILES string of the molecule is Nc1cccc(CCC(=O)OCCOc2ccccc2)c1. The molecule has 0 aromatic heterocycles. The molecular formula is C17H19NO3. The van der Waals surface area contributed by atoms with Crippen molar-refractivity contribution in [1.82, 2.24) is 0 Å². The Balaban J connectivity index is 1.62. The van der Waals surface area contributed by atoms with Crippen molar-refractivity contribution in [2.45, 2.75) is 12.8 Å². The molecule has 2 aromatic carbocycles. The minimum absolute atomic E-state index is 0.228. The van der Waals surface area contributed by atoms with E-state index in [9.17, 15) is 4.79 Å². The Hall–Kier alpha value is -2.49. The number of carbonyl (C=O) groups is 1. The Kier molecular flexibility index (Phi) is 5.64. The van der Waals surface area contributed by atoms with E-state index in [-0.39, 0.29) is 12.6 Å². The molecule has 4 nitrogen and oxygen atoms in total. The molecule has 2 aromatic rings. The minimum Gasteiger partial charge on any atom is -0.490 e. The van der Waals surface area contributed by atoms with Gasteiger partial charge in [0.05, 0.1) is 0 Å². The fourth-order valence-corrected chi connectivity index (χ4v) is 1.90. The maximum Gasteiger partial charge on any atom is 0.306 e. The molecule has 0 saturated heterocycles. The van der Waals surface area contributed by atoms with Crippen LogP contribution in [0.5, 0.6) is 5.75 Å². The molecule has 0 aliphatic rings. The van der Waals surface area contributed by atoms with E-state index in [1.54, 1.807) is 0 Å². The number of anilines is 1. The molecule has 0 aliphatic carbocycles. The maximum absolute atomic E-state index is 11.6. The Morgan fingerprint density at radius 3 is 2.57 bits per heavy atom. The first-order valence-corrected chi connectivity index (χ1v) is 6.92. The number of nitrogens with two attached hydrogens (primary N) is 1. The fraction of sp³-hybridized carbons (Fsp3) is 0.235. The predicted molar refractivity (Wildman–Crippen MR) is 82.1 cm³/mol. The van der Waals surface area contributed by atoms with Crippen LogP contribution in [0.25, 0.3) is 0 Å². The number of para-hydroxylation sites is 1. The van der Waals surface area contributed by atoms with Gasteiger partial charge in [0.1, 0.15) is 19.0 Å². The van der Waals surface area contributed by atoms with Crippen LogP contribution in [0.4, 0.5) is 5.69 Å². The van der Waals surface area contributed by atoms with Gasteiger partial charge in [-0.3, -0.25) is 4.79 Å². The van der Waals surface area contributed by atoms with Crippen molar-refractivity contribution in [1.29, 1.82) is 0 Å². The van der Waals surface area contributed by atoms with Crippen LogP contribution < -0.4 is 10.5 Å². The third-order valence-corrected chi connectivity index (χ3v) is 2.93. The molecule has 0 spiro atoms. The molecule has 2 N–H and O–H groups in total. The zero-order valence-corrected chi connectivity index (χ0v) is 11.8. The Labute approximate surface area is 124 Å². The molecular weight excluding hydrogens is 266 g/mol. The molecule has 0 unspecified atom stereocenters. The number of ether oxygens (including phenoxy) is 2. The lowest BCUT2D eigenvalue weighted by Crippen LogP contribution is -2.12. The quantitative estimate of drug-likeness (QED) is 0.483. The molecule has 0 fully saturated rings. The lowest BCUT2D eigenvalue weighted by molar-refractivity contribution is -0.144. The van der Waals surface area contributed by atoms with E-state index in [4.69, 9.17) is 15.2 Å². The average molecular weight is 285 g/mol. The molecule has 0 radical (unpaired) electrons. The summed E-state index contributed by atoms with van der Waals surface area (Å²) in [6.45, 7) is 0.610. The molecule has 0 bridgehead atoms. The lowest BCUT2D eigenvalue weighted by Gasteiger charge is -2.07. The Bertz CT molecular complexity index is 569. The number of aryl methyl sites for hydroxylation is 1. The van der Waals surface area contributed by atoms with Gasteiger partial charge in [0.2, 0.25) is 0 Å². The predicted octanol–water partition coefficient (Wildman–Crippen LogP) is 2.82. The van der Waals surface area contributed by atoms with Gasteiger partial charge in [0.15, 0.2) is 0 Å². The first-order chi connectivity index (χ1) is 10.2. The first kappa shape index (κ1) is 14.9. The summed E-state index contributed by atoms with van der Waals surface area (Å²) in [5, 5.41) is 0. The fourth-order valence-electron chi connectivity index (χ4n) is 1.90. The molecule has 0 atom stereocenters. The van der Waals surface area contributed by atoms with Gasteiger partial charge in [-0.05, 0) is 36.2 Å².